The highest BCUT2D eigenvalue weighted by molar-refractivity contribution is 5.98. The fourth-order valence-corrected chi connectivity index (χ4v) is 10.3. The van der Waals surface area contributed by atoms with Crippen molar-refractivity contribution in [2.45, 2.75) is 237 Å². The number of Topliss-reactive ketones (excluding diaryl/α,β-unsaturated/α-hetero) is 2. The summed E-state index contributed by atoms with van der Waals surface area (Å²) in [4.78, 5) is 112. The molecule has 2 heterocycles. The van der Waals surface area contributed by atoms with Crippen LogP contribution in [0.25, 0.3) is 0 Å². The Kier molecular flexibility index (Phi) is 29.0. The summed E-state index contributed by atoms with van der Waals surface area (Å²) in [5.41, 5.74) is -0.0761. The number of likely N-dealkylation sites (tertiary alicyclic amines) is 2. The first-order valence-electron chi connectivity index (χ1n) is 28.3. The molecule has 0 aliphatic carbocycles. The van der Waals surface area contributed by atoms with Crippen molar-refractivity contribution < 1.29 is 79.2 Å². The second-order valence-corrected chi connectivity index (χ2v) is 22.2. The molecule has 23 nitrogen and oxygen atoms in total. The fraction of sp³-hybridized carbons (Fsp3) is 0.750. The molecule has 3 rings (SSSR count). The monoisotopic (exact) mass is 1120 g/mol. The Morgan fingerprint density at radius 2 is 1.30 bits per heavy atom. The Hall–Kier alpha value is -5.14. The first-order chi connectivity index (χ1) is 37.2. The van der Waals surface area contributed by atoms with Crippen molar-refractivity contribution in [3.05, 3.63) is 29.8 Å². The van der Waals surface area contributed by atoms with Crippen LogP contribution in [0.3, 0.4) is 0 Å². The van der Waals surface area contributed by atoms with Gasteiger partial charge in [-0.3, -0.25) is 38.4 Å². The summed E-state index contributed by atoms with van der Waals surface area (Å²) in [6.45, 7) is 13.6. The highest BCUT2D eigenvalue weighted by Gasteiger charge is 2.48. The fourth-order valence-electron chi connectivity index (χ4n) is 10.3. The first-order valence-corrected chi connectivity index (χ1v) is 28.3. The normalized spacial score (nSPS) is 22.0. The quantitative estimate of drug-likeness (QED) is 0.0406. The van der Waals surface area contributed by atoms with Gasteiger partial charge in [0.15, 0.2) is 5.78 Å². The molecule has 13 N–H and O–H groups in total. The number of rotatable bonds is 35. The van der Waals surface area contributed by atoms with Gasteiger partial charge >= 0.3 is 0 Å². The molecule has 1 aromatic carbocycles. The van der Waals surface area contributed by atoms with E-state index in [0.29, 0.717) is 24.8 Å². The minimum atomic E-state index is -2.31. The van der Waals surface area contributed by atoms with Crippen LogP contribution in [-0.2, 0) is 38.4 Å². The third-order valence-corrected chi connectivity index (χ3v) is 15.2. The van der Waals surface area contributed by atoms with Gasteiger partial charge in [-0.1, -0.05) is 84.8 Å². The molecule has 0 aromatic heterocycles. The molecule has 1 aromatic rings. The van der Waals surface area contributed by atoms with Crippen molar-refractivity contribution in [2.75, 3.05) is 19.6 Å². The number of aliphatic hydroxyl groups excluding tert-OH is 7. The van der Waals surface area contributed by atoms with E-state index in [4.69, 9.17) is 0 Å². The van der Waals surface area contributed by atoms with Crippen molar-refractivity contribution in [1.29, 1.82) is 0 Å². The molecular weight excluding hydrogens is 1030 g/mol. The molecule has 0 radical (unpaired) electrons. The van der Waals surface area contributed by atoms with Crippen molar-refractivity contribution in [2.24, 2.45) is 11.8 Å². The molecular formula is C56H93N7O16. The molecule has 16 atom stereocenters. The van der Waals surface area contributed by atoms with Crippen LogP contribution in [0, 0.1) is 11.8 Å². The first kappa shape index (κ1) is 68.1. The Bertz CT molecular complexity index is 2130. The summed E-state index contributed by atoms with van der Waals surface area (Å²) < 4.78 is 0. The zero-order valence-electron chi connectivity index (χ0n) is 47.5. The largest absolute Gasteiger partial charge is 0.508 e. The number of nitrogens with one attached hydrogen (secondary N) is 5. The molecule has 2 unspecified atom stereocenters. The van der Waals surface area contributed by atoms with E-state index in [-0.39, 0.29) is 37.1 Å². The van der Waals surface area contributed by atoms with Crippen molar-refractivity contribution >= 4 is 47.0 Å². The third-order valence-electron chi connectivity index (χ3n) is 15.2. The van der Waals surface area contributed by atoms with E-state index < -0.39 is 151 Å². The summed E-state index contributed by atoms with van der Waals surface area (Å²) in [7, 11) is 0. The maximum Gasteiger partial charge on any atom is 0.248 e. The molecule has 6 amide bonds. The van der Waals surface area contributed by atoms with Crippen LogP contribution >= 0.6 is 0 Å². The van der Waals surface area contributed by atoms with Crippen LogP contribution in [0.2, 0.25) is 0 Å². The van der Waals surface area contributed by atoms with Gasteiger partial charge in [-0.2, -0.15) is 0 Å². The molecule has 2 aliphatic heterocycles. The standard InChI is InChI=1S/C56H93N7O16/c1-9-24-57-34(6)43(70)29-40(58-45(72)18-16-14-12-11-13-15-17-32(4)26-31(3)10-2)52(75)59-46(35(7)65)55(78)63-30-39(68)28-41(63)53(76)61-48(51(74)50(73)37-19-21-38(67)22-20-37)54(77)60-47(44(71)27-33(5)64)56(79)62-25-23-42(69)49(62)36(8)66/h19-22,31-32,34-35,39-44,46-51,57,65,67-71,73-74H,9-18,23-30H2,1-8H3,(H,58,72)(H,59,75)(H,60,77)(H,61,76)/t31?,32?,34-,35+,39+,40-,41-,42-,43+,44+,46-,47-,48-,49+,50-,51-/m0/s1. The van der Waals surface area contributed by atoms with Gasteiger partial charge in [0.25, 0.3) is 0 Å². The summed E-state index contributed by atoms with van der Waals surface area (Å²) in [5.74, 6) is -6.36. The van der Waals surface area contributed by atoms with Gasteiger partial charge in [0.2, 0.25) is 35.4 Å². The Balaban J connectivity index is 1.88. The molecule has 2 fully saturated rings. The summed E-state index contributed by atoms with van der Waals surface area (Å²) in [6.07, 6.45) is -3.45. The molecule has 2 saturated heterocycles. The zero-order chi connectivity index (χ0) is 59.3. The van der Waals surface area contributed by atoms with E-state index >= 15 is 0 Å². The smallest absolute Gasteiger partial charge is 0.248 e. The van der Waals surface area contributed by atoms with Crippen molar-refractivity contribution in [3.8, 4) is 5.75 Å². The van der Waals surface area contributed by atoms with Crippen LogP contribution < -0.4 is 26.6 Å². The highest BCUT2D eigenvalue weighted by Crippen LogP contribution is 2.27. The van der Waals surface area contributed by atoms with Gasteiger partial charge in [-0.05, 0) is 89.5 Å². The number of aromatic hydroxyl groups is 1. The van der Waals surface area contributed by atoms with E-state index in [9.17, 15) is 79.2 Å². The molecule has 0 saturated carbocycles. The number of phenols is 1. The molecule has 0 bridgehead atoms. The van der Waals surface area contributed by atoms with E-state index in [0.717, 1.165) is 74.3 Å². The average Bonchev–Trinajstić information content (AvgIpc) is 4.04. The van der Waals surface area contributed by atoms with Gasteiger partial charge in [0.05, 0.1) is 30.5 Å². The molecule has 23 heteroatoms. The lowest BCUT2D eigenvalue weighted by atomic mass is 9.91. The predicted octanol–water partition coefficient (Wildman–Crippen LogP) is 0.291. The number of carbonyl (C=O) groups is 8. The number of phenolic OH excluding ortho intramolecular Hbond substituents is 1. The number of hydrogen-bond donors (Lipinski definition) is 13. The average molecular weight is 1120 g/mol. The Labute approximate surface area is 465 Å². The lowest BCUT2D eigenvalue weighted by Gasteiger charge is -2.34. The Morgan fingerprint density at radius 3 is 1.90 bits per heavy atom. The Morgan fingerprint density at radius 1 is 0.696 bits per heavy atom. The lowest BCUT2D eigenvalue weighted by molar-refractivity contribution is -0.148. The number of unbranched alkanes of at least 4 members (excludes halogenated alkanes) is 5. The minimum absolute atomic E-state index is 0.0487. The molecule has 79 heavy (non-hydrogen) atoms. The van der Waals surface area contributed by atoms with Gasteiger partial charge in [-0.25, -0.2) is 0 Å². The number of benzene rings is 1. The van der Waals surface area contributed by atoms with E-state index in [2.05, 4.69) is 47.4 Å². The van der Waals surface area contributed by atoms with Crippen LogP contribution in [0.15, 0.2) is 24.3 Å². The van der Waals surface area contributed by atoms with Crippen LogP contribution in [0.1, 0.15) is 163 Å². The third kappa shape index (κ3) is 21.4. The highest BCUT2D eigenvalue weighted by atomic mass is 16.3. The maximum absolute atomic E-state index is 14.5. The number of ketones is 2. The number of amides is 6. The number of hydrogen-bond acceptors (Lipinski definition) is 17. The van der Waals surface area contributed by atoms with Crippen molar-refractivity contribution in [1.82, 2.24) is 36.4 Å². The summed E-state index contributed by atoms with van der Waals surface area (Å²) >= 11 is 0. The van der Waals surface area contributed by atoms with Gasteiger partial charge in [0.1, 0.15) is 60.0 Å². The number of carbonyl (C=O) groups excluding carboxylic acids is 8. The number of nitrogens with zero attached hydrogens (tertiary/aromatic N) is 2. The second kappa shape index (κ2) is 33.6. The van der Waals surface area contributed by atoms with E-state index in [1.54, 1.807) is 6.92 Å². The summed E-state index contributed by atoms with van der Waals surface area (Å²) in [6, 6.07) is -6.42. The van der Waals surface area contributed by atoms with Gasteiger partial charge in [0, 0.05) is 44.8 Å². The SMILES string of the molecule is CCCN[C@@H](C)[C@H](O)C[C@H](NC(=O)CCCCCCCCC(C)CC(C)CC)C(=O)N[C@H](C(=O)N1C[C@H](O)C[C@H]1C(=O)N[C@H](C(=O)N[C@H](C(=O)N1CC[C@H](O)[C@H]1C(C)=O)[C@H](O)CC(C)=O)[C@H](O)[C@@H](O)c1ccc(O)cc1)[C@@H](C)O. The minimum Gasteiger partial charge on any atom is -0.508 e. The maximum atomic E-state index is 14.5. The second-order valence-electron chi connectivity index (χ2n) is 22.2. The zero-order valence-corrected chi connectivity index (χ0v) is 47.5. The van der Waals surface area contributed by atoms with Gasteiger partial charge < -0.3 is 77.2 Å². The van der Waals surface area contributed by atoms with E-state index in [1.165, 1.54) is 38.3 Å². The number of β-amino-alcohol motifs (C(OH)–C–C–N with tert-alkyl or cyclic N) is 1. The topological polar surface area (TPSA) is 365 Å². The van der Waals surface area contributed by atoms with Crippen LogP contribution in [0.4, 0.5) is 0 Å². The van der Waals surface area contributed by atoms with Crippen molar-refractivity contribution in [3.63, 3.8) is 0 Å². The van der Waals surface area contributed by atoms with Crippen LogP contribution in [-0.4, -0.2) is 196 Å². The predicted molar refractivity (Wildman–Crippen MR) is 291 cm³/mol. The summed E-state index contributed by atoms with van der Waals surface area (Å²) in [5, 5.41) is 101. The lowest BCUT2D eigenvalue weighted by Crippen LogP contribution is -2.64. The van der Waals surface area contributed by atoms with Crippen LogP contribution in [0.5, 0.6) is 5.75 Å². The molecule has 0 spiro atoms. The van der Waals surface area contributed by atoms with E-state index in [1.807, 2.05) is 6.92 Å². The number of aliphatic hydroxyl groups is 7. The van der Waals surface area contributed by atoms with Gasteiger partial charge in [-0.15, -0.1) is 0 Å². The molecule has 448 valence electrons. The molecule has 2 aliphatic rings.